The predicted octanol–water partition coefficient (Wildman–Crippen LogP) is 0.519. The highest BCUT2D eigenvalue weighted by molar-refractivity contribution is 7.33. The average molecular weight is 184 g/mol. The van der Waals surface area contributed by atoms with Crippen molar-refractivity contribution >= 4 is 8.25 Å². The Morgan fingerprint density at radius 2 is 2.18 bits per heavy atom. The summed E-state index contributed by atoms with van der Waals surface area (Å²) in [4.78, 5) is 8.68. The normalized spacial score (nSPS) is 11.6. The maximum absolute atomic E-state index is 10.4. The summed E-state index contributed by atoms with van der Waals surface area (Å²) in [6.45, 7) is 0.634. The van der Waals surface area contributed by atoms with Gasteiger partial charge in [-0.25, -0.2) is 5.90 Å². The monoisotopic (exact) mass is 184 g/mol. The van der Waals surface area contributed by atoms with Gasteiger partial charge in [0.1, 0.15) is 0 Å². The highest BCUT2D eigenvalue weighted by Crippen LogP contribution is 2.21. The third kappa shape index (κ3) is 7.80. The fraction of sp³-hybridized carbons (Fsp3) is 1.00. The van der Waals surface area contributed by atoms with Gasteiger partial charge in [0.05, 0.1) is 25.0 Å². The zero-order valence-corrected chi connectivity index (χ0v) is 7.08. The van der Waals surface area contributed by atoms with Crippen molar-refractivity contribution in [3.63, 3.8) is 0 Å². The maximum Gasteiger partial charge on any atom is 0.728 e. The van der Waals surface area contributed by atoms with E-state index in [4.69, 9.17) is 5.90 Å². The van der Waals surface area contributed by atoms with Crippen molar-refractivity contribution in [2.75, 3.05) is 20.3 Å². The Morgan fingerprint density at radius 3 is 2.73 bits per heavy atom. The second-order valence-corrected chi connectivity index (χ2v) is 2.49. The Balaban J connectivity index is 2.95. The number of hydrogen-bond acceptors (Lipinski definition) is 6. The molecule has 11 heavy (non-hydrogen) atoms. The number of hydrogen-bond donors (Lipinski definition) is 1. The lowest BCUT2D eigenvalue weighted by atomic mass is 10.5. The van der Waals surface area contributed by atoms with Gasteiger partial charge in [-0.1, -0.05) is 0 Å². The van der Waals surface area contributed by atoms with E-state index in [0.717, 1.165) is 0 Å². The van der Waals surface area contributed by atoms with Crippen LogP contribution in [0, 0.1) is 0 Å². The Kier molecular flexibility index (Phi) is 7.93. The van der Waals surface area contributed by atoms with Gasteiger partial charge < -0.3 is 4.84 Å². The Labute approximate surface area is 65.4 Å². The minimum atomic E-state index is -2.14. The molecule has 1 atom stereocenters. The molecule has 2 N–H and O–H groups in total. The first-order chi connectivity index (χ1) is 5.31. The molecule has 0 aromatic carbocycles. The molecule has 0 aliphatic heterocycles. The molecule has 0 aliphatic carbocycles. The predicted molar refractivity (Wildman–Crippen MR) is 36.4 cm³/mol. The number of rotatable bonds is 7. The lowest BCUT2D eigenvalue weighted by Crippen LogP contribution is -2.03. The third-order valence-corrected chi connectivity index (χ3v) is 1.28. The van der Waals surface area contributed by atoms with Crippen molar-refractivity contribution < 1.29 is 23.5 Å². The fourth-order valence-corrected chi connectivity index (χ4v) is 0.533. The standard InChI is InChI=1S/C4H11NO5P/c1-7-11(6)10-9-4-2-3-8-5/h2-5H2,1H3/q+1. The molecular formula is C4H11NO5P+. The van der Waals surface area contributed by atoms with Gasteiger partial charge in [-0.2, -0.15) is 4.89 Å². The first-order valence-corrected chi connectivity index (χ1v) is 4.03. The van der Waals surface area contributed by atoms with E-state index in [-0.39, 0.29) is 6.61 Å². The molecule has 7 heteroatoms. The molecular weight excluding hydrogens is 173 g/mol. The molecule has 0 aliphatic rings. The van der Waals surface area contributed by atoms with Crippen LogP contribution < -0.4 is 5.90 Å². The van der Waals surface area contributed by atoms with E-state index in [9.17, 15) is 4.57 Å². The molecule has 0 spiro atoms. The van der Waals surface area contributed by atoms with Crippen LogP contribution in [-0.4, -0.2) is 20.3 Å². The van der Waals surface area contributed by atoms with Gasteiger partial charge in [0, 0.05) is 4.57 Å². The molecule has 0 aromatic rings. The van der Waals surface area contributed by atoms with E-state index in [2.05, 4.69) is 18.9 Å². The van der Waals surface area contributed by atoms with E-state index < -0.39 is 8.25 Å². The Hall–Kier alpha value is -0.100. The van der Waals surface area contributed by atoms with Crippen molar-refractivity contribution in [3.8, 4) is 0 Å². The highest BCUT2D eigenvalue weighted by Gasteiger charge is 2.18. The molecule has 6 nitrogen and oxygen atoms in total. The summed E-state index contributed by atoms with van der Waals surface area (Å²) in [7, 11) is -0.888. The second-order valence-electron chi connectivity index (χ2n) is 1.53. The van der Waals surface area contributed by atoms with Crippen LogP contribution in [0.3, 0.4) is 0 Å². The summed E-state index contributed by atoms with van der Waals surface area (Å²) in [6, 6.07) is 0. The quantitative estimate of drug-likeness (QED) is 0.269. The molecule has 0 radical (unpaired) electrons. The zero-order chi connectivity index (χ0) is 8.53. The largest absolute Gasteiger partial charge is 0.728 e. The van der Waals surface area contributed by atoms with Crippen molar-refractivity contribution in [2.24, 2.45) is 5.90 Å². The Morgan fingerprint density at radius 1 is 1.45 bits per heavy atom. The molecule has 0 saturated carbocycles. The van der Waals surface area contributed by atoms with Crippen LogP contribution in [0.5, 0.6) is 0 Å². The summed E-state index contributed by atoms with van der Waals surface area (Å²) >= 11 is 0. The Bertz CT molecular complexity index is 111. The van der Waals surface area contributed by atoms with Gasteiger partial charge >= 0.3 is 8.25 Å². The molecule has 0 heterocycles. The average Bonchev–Trinajstić information content (AvgIpc) is 2.04. The van der Waals surface area contributed by atoms with Gasteiger partial charge in [0.25, 0.3) is 0 Å². The minimum Gasteiger partial charge on any atom is -0.305 e. The molecule has 0 aromatic heterocycles. The van der Waals surface area contributed by atoms with E-state index in [1.54, 1.807) is 0 Å². The van der Waals surface area contributed by atoms with Gasteiger partial charge in [0.15, 0.2) is 0 Å². The zero-order valence-electron chi connectivity index (χ0n) is 6.19. The van der Waals surface area contributed by atoms with Crippen molar-refractivity contribution in [3.05, 3.63) is 0 Å². The van der Waals surface area contributed by atoms with Crippen LogP contribution >= 0.6 is 8.25 Å². The number of nitrogens with two attached hydrogens (primary N) is 1. The minimum absolute atomic E-state index is 0.266. The molecule has 66 valence electrons. The summed E-state index contributed by atoms with van der Waals surface area (Å²) in [6.07, 6.45) is 0.573. The molecule has 0 fully saturated rings. The lowest BCUT2D eigenvalue weighted by Gasteiger charge is -1.93. The molecule has 0 saturated heterocycles. The van der Waals surface area contributed by atoms with Gasteiger partial charge in [-0.15, -0.1) is 4.52 Å². The second kappa shape index (κ2) is 8.00. The summed E-state index contributed by atoms with van der Waals surface area (Å²) in [5.74, 6) is 4.72. The maximum atomic E-state index is 10.4. The van der Waals surface area contributed by atoms with Crippen LogP contribution in [0.4, 0.5) is 0 Å². The van der Waals surface area contributed by atoms with Crippen LogP contribution in [0.15, 0.2) is 0 Å². The van der Waals surface area contributed by atoms with Crippen molar-refractivity contribution in [2.45, 2.75) is 6.42 Å². The van der Waals surface area contributed by atoms with E-state index in [1.807, 2.05) is 0 Å². The van der Waals surface area contributed by atoms with E-state index in [0.29, 0.717) is 13.0 Å². The summed E-state index contributed by atoms with van der Waals surface area (Å²) in [5, 5.41) is 0. The van der Waals surface area contributed by atoms with Crippen LogP contribution in [0.2, 0.25) is 0 Å². The van der Waals surface area contributed by atoms with E-state index >= 15 is 0 Å². The third-order valence-electron chi connectivity index (χ3n) is 0.752. The van der Waals surface area contributed by atoms with Crippen molar-refractivity contribution in [1.29, 1.82) is 0 Å². The molecule has 0 rings (SSSR count). The first-order valence-electron chi connectivity index (χ1n) is 2.94. The SMILES string of the molecule is CO[P+](=O)OOCCCON. The van der Waals surface area contributed by atoms with Crippen LogP contribution in [0.1, 0.15) is 6.42 Å². The van der Waals surface area contributed by atoms with E-state index in [1.165, 1.54) is 7.11 Å². The topological polar surface area (TPSA) is 80.0 Å². The molecule has 0 amide bonds. The molecule has 1 unspecified atom stereocenters. The van der Waals surface area contributed by atoms with Gasteiger partial charge in [0.2, 0.25) is 0 Å². The van der Waals surface area contributed by atoms with Crippen LogP contribution in [-0.2, 0) is 23.5 Å². The lowest BCUT2D eigenvalue weighted by molar-refractivity contribution is -0.211. The molecule has 0 bridgehead atoms. The first kappa shape index (κ1) is 10.9. The summed E-state index contributed by atoms with van der Waals surface area (Å²) in [5.41, 5.74) is 0. The van der Waals surface area contributed by atoms with Crippen molar-refractivity contribution in [1.82, 2.24) is 0 Å². The van der Waals surface area contributed by atoms with Crippen LogP contribution in [0.25, 0.3) is 0 Å². The summed E-state index contributed by atoms with van der Waals surface area (Å²) < 4.78 is 18.9. The van der Waals surface area contributed by atoms with Gasteiger partial charge in [-0.3, -0.25) is 0 Å². The fourth-order valence-electron chi connectivity index (χ4n) is 0.312. The van der Waals surface area contributed by atoms with Gasteiger partial charge in [-0.05, 0) is 6.42 Å². The highest BCUT2D eigenvalue weighted by atomic mass is 31.1. The smallest absolute Gasteiger partial charge is 0.305 e.